The zero-order valence-corrected chi connectivity index (χ0v) is 16.4. The Labute approximate surface area is 168 Å². The van der Waals surface area contributed by atoms with E-state index in [0.29, 0.717) is 16.8 Å². The van der Waals surface area contributed by atoms with Gasteiger partial charge in [-0.1, -0.05) is 19.9 Å². The highest BCUT2D eigenvalue weighted by molar-refractivity contribution is 6.06. The Morgan fingerprint density at radius 2 is 1.97 bits per heavy atom. The minimum atomic E-state index is -0.238. The highest BCUT2D eigenvalue weighted by Gasteiger charge is 2.16. The summed E-state index contributed by atoms with van der Waals surface area (Å²) >= 11 is 0. The van der Waals surface area contributed by atoms with E-state index in [0.717, 1.165) is 22.2 Å². The molecule has 7 heteroatoms. The van der Waals surface area contributed by atoms with Crippen molar-refractivity contribution in [2.45, 2.75) is 19.8 Å². The topological polar surface area (TPSA) is 88.5 Å². The Balaban J connectivity index is 1.70. The van der Waals surface area contributed by atoms with Gasteiger partial charge >= 0.3 is 0 Å². The third-order valence-corrected chi connectivity index (χ3v) is 4.81. The van der Waals surface area contributed by atoms with E-state index in [9.17, 15) is 10.1 Å². The molecule has 0 aliphatic rings. The molecule has 0 radical (unpaired) electrons. The summed E-state index contributed by atoms with van der Waals surface area (Å²) in [6.07, 6.45) is 5.39. The van der Waals surface area contributed by atoms with Crippen LogP contribution in [0.25, 0.3) is 16.6 Å². The summed E-state index contributed by atoms with van der Waals surface area (Å²) in [6.45, 7) is 4.05. The summed E-state index contributed by atoms with van der Waals surface area (Å²) in [5.41, 5.74) is 4.25. The summed E-state index contributed by atoms with van der Waals surface area (Å²) < 4.78 is 3.50. The molecule has 0 saturated heterocycles. The van der Waals surface area contributed by atoms with E-state index in [2.05, 4.69) is 21.6 Å². The van der Waals surface area contributed by atoms with Crippen LogP contribution >= 0.6 is 0 Å². The Hall–Kier alpha value is -3.92. The van der Waals surface area contributed by atoms with Gasteiger partial charge in [0.2, 0.25) is 0 Å². The lowest BCUT2D eigenvalue weighted by atomic mass is 9.95. The summed E-state index contributed by atoms with van der Waals surface area (Å²) in [4.78, 5) is 13.0. The molecule has 4 rings (SSSR count). The van der Waals surface area contributed by atoms with E-state index in [1.54, 1.807) is 33.9 Å². The number of amides is 1. The lowest BCUT2D eigenvalue weighted by Crippen LogP contribution is -2.15. The van der Waals surface area contributed by atoms with Crippen LogP contribution in [0.4, 0.5) is 5.69 Å². The predicted octanol–water partition coefficient (Wildman–Crippen LogP) is 4.01. The van der Waals surface area contributed by atoms with Gasteiger partial charge in [-0.05, 0) is 41.8 Å². The lowest BCUT2D eigenvalue weighted by Gasteiger charge is -2.13. The van der Waals surface area contributed by atoms with Gasteiger partial charge in [-0.25, -0.2) is 4.68 Å². The fraction of sp³-hybridized carbons (Fsp3) is 0.182. The molecule has 29 heavy (non-hydrogen) atoms. The van der Waals surface area contributed by atoms with Gasteiger partial charge in [-0.15, -0.1) is 0 Å². The maximum atomic E-state index is 13.0. The number of hydrogen-bond donors (Lipinski definition) is 1. The number of rotatable bonds is 4. The van der Waals surface area contributed by atoms with Crippen LogP contribution in [0.2, 0.25) is 0 Å². The summed E-state index contributed by atoms with van der Waals surface area (Å²) in [5, 5.41) is 21.7. The fourth-order valence-corrected chi connectivity index (χ4v) is 3.34. The summed E-state index contributed by atoms with van der Waals surface area (Å²) in [7, 11) is 1.85. The van der Waals surface area contributed by atoms with Crippen molar-refractivity contribution in [3.8, 4) is 11.8 Å². The Bertz CT molecular complexity index is 1260. The Morgan fingerprint density at radius 1 is 1.14 bits per heavy atom. The SMILES string of the molecule is CC(C)c1ccc(C#N)cc1C(=O)Nc1ccc2cnn(-c3cnn(C)c3)c2c1. The van der Waals surface area contributed by atoms with Crippen LogP contribution in [0.1, 0.15) is 41.3 Å². The second kappa shape index (κ2) is 7.24. The van der Waals surface area contributed by atoms with Gasteiger partial charge in [0.05, 0.1) is 35.7 Å². The number of aromatic nitrogens is 4. The minimum absolute atomic E-state index is 0.165. The largest absolute Gasteiger partial charge is 0.322 e. The molecule has 2 heterocycles. The zero-order valence-electron chi connectivity index (χ0n) is 16.4. The van der Waals surface area contributed by atoms with Crippen molar-refractivity contribution in [1.82, 2.24) is 19.6 Å². The van der Waals surface area contributed by atoms with Crippen molar-refractivity contribution in [3.05, 3.63) is 71.7 Å². The highest BCUT2D eigenvalue weighted by atomic mass is 16.1. The van der Waals surface area contributed by atoms with Gasteiger partial charge < -0.3 is 5.32 Å². The van der Waals surface area contributed by atoms with Crippen molar-refractivity contribution in [1.29, 1.82) is 5.26 Å². The summed E-state index contributed by atoms with van der Waals surface area (Å²) in [6, 6.07) is 13.0. The molecule has 0 bridgehead atoms. The van der Waals surface area contributed by atoms with E-state index in [-0.39, 0.29) is 11.8 Å². The number of aryl methyl sites for hydroxylation is 1. The van der Waals surface area contributed by atoms with E-state index < -0.39 is 0 Å². The van der Waals surface area contributed by atoms with Gasteiger partial charge in [-0.3, -0.25) is 9.48 Å². The molecule has 1 N–H and O–H groups in total. The van der Waals surface area contributed by atoms with Crippen LogP contribution < -0.4 is 5.32 Å². The minimum Gasteiger partial charge on any atom is -0.322 e. The molecule has 0 atom stereocenters. The van der Waals surface area contributed by atoms with Crippen molar-refractivity contribution in [2.24, 2.45) is 7.05 Å². The molecule has 2 aromatic heterocycles. The zero-order chi connectivity index (χ0) is 20.5. The fourth-order valence-electron chi connectivity index (χ4n) is 3.34. The third kappa shape index (κ3) is 3.48. The van der Waals surface area contributed by atoms with Gasteiger partial charge in [0.1, 0.15) is 5.69 Å². The number of nitrogens with zero attached hydrogens (tertiary/aromatic N) is 5. The van der Waals surface area contributed by atoms with Crippen LogP contribution in [0, 0.1) is 11.3 Å². The molecule has 7 nitrogen and oxygen atoms in total. The van der Waals surface area contributed by atoms with Gasteiger partial charge in [0, 0.05) is 23.7 Å². The van der Waals surface area contributed by atoms with Crippen LogP contribution in [-0.2, 0) is 7.05 Å². The van der Waals surface area contributed by atoms with E-state index in [4.69, 9.17) is 0 Å². The smallest absolute Gasteiger partial charge is 0.255 e. The van der Waals surface area contributed by atoms with Crippen molar-refractivity contribution in [2.75, 3.05) is 5.32 Å². The number of fused-ring (bicyclic) bond motifs is 1. The Kier molecular flexibility index (Phi) is 4.61. The van der Waals surface area contributed by atoms with Gasteiger partial charge in [0.15, 0.2) is 0 Å². The first-order valence-corrected chi connectivity index (χ1v) is 9.28. The van der Waals surface area contributed by atoms with Crippen molar-refractivity contribution in [3.63, 3.8) is 0 Å². The lowest BCUT2D eigenvalue weighted by molar-refractivity contribution is 0.102. The highest BCUT2D eigenvalue weighted by Crippen LogP contribution is 2.25. The molecule has 1 amide bonds. The second-order valence-electron chi connectivity index (χ2n) is 7.22. The van der Waals surface area contributed by atoms with Gasteiger partial charge in [0.25, 0.3) is 5.91 Å². The molecule has 144 valence electrons. The average molecular weight is 384 g/mol. The van der Waals surface area contributed by atoms with Crippen LogP contribution in [0.3, 0.4) is 0 Å². The molecular formula is C22H20N6O. The molecule has 0 aliphatic heterocycles. The second-order valence-corrected chi connectivity index (χ2v) is 7.22. The summed E-state index contributed by atoms with van der Waals surface area (Å²) in [5.74, 6) is -0.0735. The quantitative estimate of drug-likeness (QED) is 0.576. The molecule has 0 spiro atoms. The predicted molar refractivity (Wildman–Crippen MR) is 111 cm³/mol. The molecule has 4 aromatic rings. The van der Waals surface area contributed by atoms with E-state index in [1.807, 2.05) is 51.4 Å². The Morgan fingerprint density at radius 3 is 2.66 bits per heavy atom. The first kappa shape index (κ1) is 18.4. The van der Waals surface area contributed by atoms with E-state index in [1.165, 1.54) is 0 Å². The first-order chi connectivity index (χ1) is 14.0. The van der Waals surface area contributed by atoms with E-state index >= 15 is 0 Å². The normalized spacial score (nSPS) is 11.0. The molecule has 2 aromatic carbocycles. The van der Waals surface area contributed by atoms with Crippen LogP contribution in [0.5, 0.6) is 0 Å². The van der Waals surface area contributed by atoms with Gasteiger partial charge in [-0.2, -0.15) is 15.5 Å². The number of benzene rings is 2. The van der Waals surface area contributed by atoms with Crippen molar-refractivity contribution >= 4 is 22.5 Å². The van der Waals surface area contributed by atoms with Crippen molar-refractivity contribution < 1.29 is 4.79 Å². The maximum Gasteiger partial charge on any atom is 0.255 e. The monoisotopic (exact) mass is 384 g/mol. The number of nitrogens with one attached hydrogen (secondary N) is 1. The van der Waals surface area contributed by atoms with Crippen LogP contribution in [-0.4, -0.2) is 25.5 Å². The number of nitriles is 1. The first-order valence-electron chi connectivity index (χ1n) is 9.28. The number of carbonyl (C=O) groups excluding carboxylic acids is 1. The molecule has 0 saturated carbocycles. The number of hydrogen-bond acceptors (Lipinski definition) is 4. The van der Waals surface area contributed by atoms with Crippen LogP contribution in [0.15, 0.2) is 55.0 Å². The third-order valence-electron chi connectivity index (χ3n) is 4.81. The maximum absolute atomic E-state index is 13.0. The number of anilines is 1. The average Bonchev–Trinajstić information content (AvgIpc) is 3.32. The molecular weight excluding hydrogens is 364 g/mol. The molecule has 0 fully saturated rings. The standard InChI is InChI=1S/C22H20N6O/c1-14(2)19-7-4-15(10-23)8-20(19)22(29)26-17-6-5-16-11-25-28(21(16)9-17)18-12-24-27(3)13-18/h4-9,11-14H,1-3H3,(H,26,29). The molecule has 0 unspecified atom stereocenters. The molecule has 0 aliphatic carbocycles. The number of carbonyl (C=O) groups is 1.